The summed E-state index contributed by atoms with van der Waals surface area (Å²) in [6.07, 6.45) is -0.385. The Labute approximate surface area is 153 Å². The number of Topliss-reactive ketones (excluding diaryl/α,β-unsaturated/α-hetero) is 1. The van der Waals surface area contributed by atoms with E-state index in [-0.39, 0.29) is 23.8 Å². The van der Waals surface area contributed by atoms with Gasteiger partial charge in [0.15, 0.2) is 11.5 Å². The van der Waals surface area contributed by atoms with Gasteiger partial charge in [0.05, 0.1) is 5.60 Å². The van der Waals surface area contributed by atoms with Crippen molar-refractivity contribution >= 4 is 5.78 Å². The summed E-state index contributed by atoms with van der Waals surface area (Å²) in [5.41, 5.74) is 0.426. The average molecular weight is 363 g/mol. The largest absolute Gasteiger partial charge is 0.458 e. The SMILES string of the molecule is CN(CCC(=O)c1ccc(Cc2ccc(F)cc2)o1)C(O)OC(C)(C)C. The van der Waals surface area contributed by atoms with Gasteiger partial charge in [-0.3, -0.25) is 9.69 Å². The molecular formula is C20H26FNO4. The summed E-state index contributed by atoms with van der Waals surface area (Å²) in [5, 5.41) is 9.97. The second kappa shape index (κ2) is 8.58. The van der Waals surface area contributed by atoms with E-state index in [0.717, 1.165) is 5.56 Å². The molecule has 0 radical (unpaired) electrons. The first kappa shape index (κ1) is 20.3. The molecule has 0 spiro atoms. The van der Waals surface area contributed by atoms with Gasteiger partial charge >= 0.3 is 0 Å². The number of benzene rings is 1. The van der Waals surface area contributed by atoms with E-state index >= 15 is 0 Å². The first-order chi connectivity index (χ1) is 12.1. The van der Waals surface area contributed by atoms with Crippen molar-refractivity contribution in [3.63, 3.8) is 0 Å². The number of furan rings is 1. The number of carbonyl (C=O) groups excluding carboxylic acids is 1. The highest BCUT2D eigenvalue weighted by Gasteiger charge is 2.21. The van der Waals surface area contributed by atoms with Crippen LogP contribution in [0.5, 0.6) is 0 Å². The molecule has 0 fully saturated rings. The Morgan fingerprint density at radius 3 is 2.50 bits per heavy atom. The van der Waals surface area contributed by atoms with Crippen LogP contribution in [0.4, 0.5) is 4.39 Å². The van der Waals surface area contributed by atoms with Gasteiger partial charge in [-0.2, -0.15) is 0 Å². The first-order valence-electron chi connectivity index (χ1n) is 8.56. The van der Waals surface area contributed by atoms with Gasteiger partial charge in [0, 0.05) is 19.4 Å². The van der Waals surface area contributed by atoms with Crippen LogP contribution < -0.4 is 0 Å². The molecule has 0 amide bonds. The van der Waals surface area contributed by atoms with E-state index in [9.17, 15) is 14.3 Å². The standard InChI is InChI=1S/C20H26FNO4/c1-20(2,3)26-19(24)22(4)12-11-17(23)18-10-9-16(25-18)13-14-5-7-15(21)8-6-14/h5-10,19,24H,11-13H2,1-4H3. The van der Waals surface area contributed by atoms with Gasteiger partial charge in [-0.25, -0.2) is 4.39 Å². The van der Waals surface area contributed by atoms with Crippen molar-refractivity contribution in [3.05, 3.63) is 59.3 Å². The first-order valence-corrected chi connectivity index (χ1v) is 8.56. The normalized spacial score (nSPS) is 13.2. The predicted molar refractivity (Wildman–Crippen MR) is 96.3 cm³/mol. The number of hydrogen-bond donors (Lipinski definition) is 1. The highest BCUT2D eigenvalue weighted by molar-refractivity contribution is 5.93. The third-order valence-electron chi connectivity index (χ3n) is 3.76. The molecule has 1 heterocycles. The van der Waals surface area contributed by atoms with Crippen molar-refractivity contribution in [2.75, 3.05) is 13.6 Å². The molecule has 142 valence electrons. The van der Waals surface area contributed by atoms with E-state index < -0.39 is 12.0 Å². The molecule has 1 atom stereocenters. The molecule has 6 heteroatoms. The number of nitrogens with zero attached hydrogens (tertiary/aromatic N) is 1. The monoisotopic (exact) mass is 363 g/mol. The quantitative estimate of drug-likeness (QED) is 0.573. The molecule has 1 aromatic carbocycles. The van der Waals surface area contributed by atoms with Crippen LogP contribution in [0.15, 0.2) is 40.8 Å². The number of aliphatic hydroxyl groups is 1. The van der Waals surface area contributed by atoms with Crippen molar-refractivity contribution in [2.45, 2.75) is 45.6 Å². The van der Waals surface area contributed by atoms with Gasteiger partial charge in [0.25, 0.3) is 0 Å². The number of halogens is 1. The summed E-state index contributed by atoms with van der Waals surface area (Å²) < 4.78 is 24.0. The molecule has 2 rings (SSSR count). The molecule has 0 saturated heterocycles. The third kappa shape index (κ3) is 6.37. The van der Waals surface area contributed by atoms with Crippen LogP contribution in [-0.4, -0.2) is 41.4 Å². The zero-order valence-corrected chi connectivity index (χ0v) is 15.7. The maximum absolute atomic E-state index is 12.9. The fourth-order valence-corrected chi connectivity index (χ4v) is 2.34. The highest BCUT2D eigenvalue weighted by atomic mass is 19.1. The summed E-state index contributed by atoms with van der Waals surface area (Å²) in [6.45, 7) is 5.88. The van der Waals surface area contributed by atoms with Crippen molar-refractivity contribution in [1.82, 2.24) is 4.90 Å². The highest BCUT2D eigenvalue weighted by Crippen LogP contribution is 2.16. The van der Waals surface area contributed by atoms with Crippen molar-refractivity contribution < 1.29 is 23.4 Å². The summed E-state index contributed by atoms with van der Waals surface area (Å²) in [5.74, 6) is 0.488. The fourth-order valence-electron chi connectivity index (χ4n) is 2.34. The number of rotatable bonds is 8. The topological polar surface area (TPSA) is 62.9 Å². The van der Waals surface area contributed by atoms with Crippen LogP contribution in [0.1, 0.15) is 49.1 Å². The van der Waals surface area contributed by atoms with Crippen LogP contribution in [-0.2, 0) is 11.2 Å². The zero-order valence-electron chi connectivity index (χ0n) is 15.7. The molecule has 26 heavy (non-hydrogen) atoms. The number of carbonyl (C=O) groups is 1. The lowest BCUT2D eigenvalue weighted by Crippen LogP contribution is -2.40. The van der Waals surface area contributed by atoms with Crippen molar-refractivity contribution in [1.29, 1.82) is 0 Å². The molecule has 0 bridgehead atoms. The third-order valence-corrected chi connectivity index (χ3v) is 3.76. The Hall–Kier alpha value is -2.02. The Kier molecular flexibility index (Phi) is 6.69. The van der Waals surface area contributed by atoms with Gasteiger partial charge < -0.3 is 14.3 Å². The minimum Gasteiger partial charge on any atom is -0.458 e. The zero-order chi connectivity index (χ0) is 19.3. The molecule has 1 unspecified atom stereocenters. The summed E-state index contributed by atoms with van der Waals surface area (Å²) in [4.78, 5) is 13.8. The van der Waals surface area contributed by atoms with Crippen LogP contribution in [0.2, 0.25) is 0 Å². The maximum atomic E-state index is 12.9. The lowest BCUT2D eigenvalue weighted by atomic mass is 10.1. The minimum absolute atomic E-state index is 0.148. The van der Waals surface area contributed by atoms with E-state index in [0.29, 0.717) is 18.7 Å². The van der Waals surface area contributed by atoms with Gasteiger partial charge in [-0.1, -0.05) is 12.1 Å². The minimum atomic E-state index is -1.08. The van der Waals surface area contributed by atoms with Gasteiger partial charge in [0.1, 0.15) is 11.6 Å². The number of ether oxygens (including phenoxy) is 1. The van der Waals surface area contributed by atoms with Crippen LogP contribution in [0.3, 0.4) is 0 Å². The van der Waals surface area contributed by atoms with Crippen molar-refractivity contribution in [3.8, 4) is 0 Å². The lowest BCUT2D eigenvalue weighted by molar-refractivity contribution is -0.232. The predicted octanol–water partition coefficient (Wildman–Crippen LogP) is 3.61. The summed E-state index contributed by atoms with van der Waals surface area (Å²) in [6, 6.07) is 9.55. The number of aliphatic hydroxyl groups excluding tert-OH is 1. The van der Waals surface area contributed by atoms with Crippen LogP contribution in [0, 0.1) is 5.82 Å². The Balaban J connectivity index is 1.86. The molecule has 0 saturated carbocycles. The molecule has 1 aromatic heterocycles. The Morgan fingerprint density at radius 1 is 1.23 bits per heavy atom. The number of ketones is 1. The van der Waals surface area contributed by atoms with Crippen molar-refractivity contribution in [2.24, 2.45) is 0 Å². The summed E-state index contributed by atoms with van der Waals surface area (Å²) in [7, 11) is 1.69. The Morgan fingerprint density at radius 2 is 1.88 bits per heavy atom. The lowest BCUT2D eigenvalue weighted by Gasteiger charge is -2.29. The smallest absolute Gasteiger partial charge is 0.216 e. The van der Waals surface area contributed by atoms with Gasteiger partial charge in [-0.15, -0.1) is 0 Å². The molecule has 2 aromatic rings. The Bertz CT molecular complexity index is 718. The van der Waals surface area contributed by atoms with E-state index in [2.05, 4.69) is 0 Å². The van der Waals surface area contributed by atoms with E-state index in [1.54, 1.807) is 36.2 Å². The average Bonchev–Trinajstić information content (AvgIpc) is 3.01. The molecule has 0 aliphatic rings. The molecule has 1 N–H and O–H groups in total. The van der Waals surface area contributed by atoms with Crippen LogP contribution in [0.25, 0.3) is 0 Å². The van der Waals surface area contributed by atoms with E-state index in [4.69, 9.17) is 9.15 Å². The maximum Gasteiger partial charge on any atom is 0.216 e. The molecular weight excluding hydrogens is 337 g/mol. The second-order valence-corrected chi connectivity index (χ2v) is 7.28. The molecule has 0 aliphatic heterocycles. The fraction of sp³-hybridized carbons (Fsp3) is 0.450. The molecule has 0 aliphatic carbocycles. The van der Waals surface area contributed by atoms with Crippen LogP contribution >= 0.6 is 0 Å². The summed E-state index contributed by atoms with van der Waals surface area (Å²) >= 11 is 0. The second-order valence-electron chi connectivity index (χ2n) is 7.28. The van der Waals surface area contributed by atoms with E-state index in [1.807, 2.05) is 20.8 Å². The molecule has 5 nitrogen and oxygen atoms in total. The van der Waals surface area contributed by atoms with Gasteiger partial charge in [-0.05, 0) is 57.6 Å². The number of hydrogen-bond acceptors (Lipinski definition) is 5. The van der Waals surface area contributed by atoms with E-state index in [1.165, 1.54) is 12.1 Å². The van der Waals surface area contributed by atoms with Gasteiger partial charge in [0.2, 0.25) is 6.41 Å².